The Morgan fingerprint density at radius 1 is 1.06 bits per heavy atom. The van der Waals surface area contributed by atoms with Gasteiger partial charge in [-0.1, -0.05) is 29.8 Å². The van der Waals surface area contributed by atoms with Crippen LogP contribution in [0.25, 0.3) is 5.69 Å². The summed E-state index contributed by atoms with van der Waals surface area (Å²) in [6, 6.07) is 17.9. The molecule has 9 heteroatoms. The fourth-order valence-corrected chi connectivity index (χ4v) is 3.57. The molecule has 3 aromatic rings. The van der Waals surface area contributed by atoms with E-state index < -0.39 is 23.6 Å². The molecule has 2 N–H and O–H groups in total. The van der Waals surface area contributed by atoms with Crippen molar-refractivity contribution in [3.05, 3.63) is 84.2 Å². The van der Waals surface area contributed by atoms with Crippen LogP contribution in [0, 0.1) is 12.8 Å². The number of nitrogens with zero attached hydrogens (tertiary/aromatic N) is 3. The highest BCUT2D eigenvalue weighted by atomic mass is 32.1. The average molecular weight is 446 g/mol. The summed E-state index contributed by atoms with van der Waals surface area (Å²) in [6.07, 6.45) is 4.75. The van der Waals surface area contributed by atoms with E-state index in [0.29, 0.717) is 16.9 Å². The van der Waals surface area contributed by atoms with Gasteiger partial charge in [0, 0.05) is 18.6 Å². The number of hydrazone groups is 1. The highest BCUT2D eigenvalue weighted by Crippen LogP contribution is 2.21. The molecule has 1 aliphatic rings. The van der Waals surface area contributed by atoms with Crippen molar-refractivity contribution in [2.45, 2.75) is 6.92 Å². The number of thiocarbonyl (C=S) groups is 1. The number of rotatable bonds is 5. The van der Waals surface area contributed by atoms with Crippen molar-refractivity contribution >= 4 is 47.0 Å². The molecule has 1 saturated heterocycles. The van der Waals surface area contributed by atoms with Crippen LogP contribution in [0.4, 0.5) is 5.69 Å². The lowest BCUT2D eigenvalue weighted by Gasteiger charge is -2.30. The van der Waals surface area contributed by atoms with Gasteiger partial charge in [-0.25, -0.2) is 5.43 Å². The van der Waals surface area contributed by atoms with Crippen molar-refractivity contribution in [3.63, 3.8) is 0 Å². The fraction of sp³-hybridized carbons (Fsp3) is 0.0870. The normalized spacial score (nSPS) is 16.3. The maximum atomic E-state index is 13.0. The number of aromatic nitrogens is 1. The third-order valence-corrected chi connectivity index (χ3v) is 5.20. The van der Waals surface area contributed by atoms with E-state index in [1.54, 1.807) is 34.9 Å². The Morgan fingerprint density at radius 3 is 2.47 bits per heavy atom. The number of anilines is 1. The summed E-state index contributed by atoms with van der Waals surface area (Å²) in [4.78, 5) is 39.2. The standard InChI is InChI=1S/C23H19N5O3S/c1-15-8-10-16(11-9-15)28-22(31)18(20(29)25-23(28)32)14-24-26-21(30)17-6-2-3-7-19(17)27-12-4-5-13-27/h2-14,18H,1H3,(H,26,30)(H,25,29,32)/b24-14+/t18-/m0/s1. The molecular weight excluding hydrogens is 426 g/mol. The van der Waals surface area contributed by atoms with Gasteiger partial charge >= 0.3 is 0 Å². The number of para-hydroxylation sites is 1. The SMILES string of the molecule is Cc1ccc(N2C(=O)[C@@H](/C=N/NC(=O)c3ccccc3-n3cccc3)C(=O)NC2=S)cc1. The second kappa shape index (κ2) is 8.94. The average Bonchev–Trinajstić information content (AvgIpc) is 3.32. The lowest BCUT2D eigenvalue weighted by atomic mass is 10.1. The molecule has 1 atom stereocenters. The van der Waals surface area contributed by atoms with E-state index in [2.05, 4.69) is 15.8 Å². The van der Waals surface area contributed by atoms with Gasteiger partial charge in [-0.05, 0) is 55.5 Å². The number of hydrogen-bond donors (Lipinski definition) is 2. The van der Waals surface area contributed by atoms with Crippen LogP contribution in [0.15, 0.2) is 78.2 Å². The molecule has 0 aliphatic carbocycles. The molecule has 1 fully saturated rings. The first-order valence-corrected chi connectivity index (χ1v) is 10.2. The Labute approximate surface area is 189 Å². The Kier molecular flexibility index (Phi) is 5.91. The molecule has 0 radical (unpaired) electrons. The summed E-state index contributed by atoms with van der Waals surface area (Å²) in [5.41, 5.74) is 5.02. The fourth-order valence-electron chi connectivity index (χ4n) is 3.28. The molecule has 8 nitrogen and oxygen atoms in total. The molecule has 2 aromatic carbocycles. The van der Waals surface area contributed by atoms with Gasteiger partial charge in [0.05, 0.1) is 16.9 Å². The van der Waals surface area contributed by atoms with Crippen LogP contribution < -0.4 is 15.6 Å². The predicted molar refractivity (Wildman–Crippen MR) is 125 cm³/mol. The van der Waals surface area contributed by atoms with Gasteiger partial charge in [0.2, 0.25) is 5.91 Å². The molecule has 4 rings (SSSR count). The zero-order chi connectivity index (χ0) is 22.7. The van der Waals surface area contributed by atoms with Gasteiger partial charge in [-0.3, -0.25) is 19.3 Å². The molecule has 160 valence electrons. The number of hydrogen-bond acceptors (Lipinski definition) is 5. The minimum atomic E-state index is -1.23. The van der Waals surface area contributed by atoms with Gasteiger partial charge in [0.1, 0.15) is 0 Å². The summed E-state index contributed by atoms with van der Waals surface area (Å²) in [7, 11) is 0. The minimum absolute atomic E-state index is 0.00168. The zero-order valence-corrected chi connectivity index (χ0v) is 17.9. The second-order valence-electron chi connectivity index (χ2n) is 7.11. The molecule has 2 heterocycles. The van der Waals surface area contributed by atoms with Crippen molar-refractivity contribution in [2.75, 3.05) is 4.90 Å². The monoisotopic (exact) mass is 445 g/mol. The Bertz CT molecular complexity index is 1220. The number of carbonyl (C=O) groups is 3. The van der Waals surface area contributed by atoms with Crippen LogP contribution in [0.3, 0.4) is 0 Å². The molecule has 1 aromatic heterocycles. The van der Waals surface area contributed by atoms with Gasteiger partial charge < -0.3 is 9.88 Å². The minimum Gasteiger partial charge on any atom is -0.323 e. The molecule has 3 amide bonds. The summed E-state index contributed by atoms with van der Waals surface area (Å²) in [6.45, 7) is 1.93. The number of aryl methyl sites for hydroxylation is 1. The van der Waals surface area contributed by atoms with Crippen molar-refractivity contribution in [1.29, 1.82) is 0 Å². The topological polar surface area (TPSA) is 95.8 Å². The van der Waals surface area contributed by atoms with Crippen LogP contribution in [0.1, 0.15) is 15.9 Å². The van der Waals surface area contributed by atoms with Crippen molar-refractivity contribution in [3.8, 4) is 5.69 Å². The summed E-state index contributed by atoms with van der Waals surface area (Å²) in [5, 5.41) is 6.39. The van der Waals surface area contributed by atoms with E-state index in [4.69, 9.17) is 12.2 Å². The molecule has 0 saturated carbocycles. The third-order valence-electron chi connectivity index (χ3n) is 4.92. The number of nitrogens with one attached hydrogen (secondary N) is 2. The molecule has 32 heavy (non-hydrogen) atoms. The van der Waals surface area contributed by atoms with Gasteiger partial charge in [-0.15, -0.1) is 0 Å². The van der Waals surface area contributed by atoms with Crippen LogP contribution in [0.2, 0.25) is 0 Å². The maximum Gasteiger partial charge on any atom is 0.273 e. The van der Waals surface area contributed by atoms with E-state index in [9.17, 15) is 14.4 Å². The number of amides is 3. The van der Waals surface area contributed by atoms with Crippen molar-refractivity contribution < 1.29 is 14.4 Å². The van der Waals surface area contributed by atoms with Crippen molar-refractivity contribution in [1.82, 2.24) is 15.3 Å². The van der Waals surface area contributed by atoms with Gasteiger partial charge in [0.15, 0.2) is 11.0 Å². The first-order valence-electron chi connectivity index (χ1n) is 9.77. The van der Waals surface area contributed by atoms with Gasteiger partial charge in [0.25, 0.3) is 11.8 Å². The smallest absolute Gasteiger partial charge is 0.273 e. The van der Waals surface area contributed by atoms with Gasteiger partial charge in [-0.2, -0.15) is 5.10 Å². The molecule has 0 spiro atoms. The van der Waals surface area contributed by atoms with E-state index in [1.807, 2.05) is 49.6 Å². The van der Waals surface area contributed by atoms with Crippen LogP contribution in [-0.4, -0.2) is 33.6 Å². The summed E-state index contributed by atoms with van der Waals surface area (Å²) >= 11 is 5.18. The Morgan fingerprint density at radius 2 is 1.75 bits per heavy atom. The highest BCUT2D eigenvalue weighted by molar-refractivity contribution is 7.80. The second-order valence-corrected chi connectivity index (χ2v) is 7.49. The zero-order valence-electron chi connectivity index (χ0n) is 17.1. The summed E-state index contributed by atoms with van der Waals surface area (Å²) < 4.78 is 1.80. The lowest BCUT2D eigenvalue weighted by Crippen LogP contribution is -2.58. The maximum absolute atomic E-state index is 13.0. The molecule has 0 bridgehead atoms. The molecular formula is C23H19N5O3S. The van der Waals surface area contributed by atoms with Crippen molar-refractivity contribution in [2.24, 2.45) is 11.0 Å². The highest BCUT2D eigenvalue weighted by Gasteiger charge is 2.38. The quantitative estimate of drug-likeness (QED) is 0.273. The van der Waals surface area contributed by atoms with E-state index in [-0.39, 0.29) is 5.11 Å². The first kappa shape index (κ1) is 21.1. The van der Waals surface area contributed by atoms with E-state index in [1.165, 1.54) is 4.90 Å². The Hall–Kier alpha value is -4.11. The molecule has 0 unspecified atom stereocenters. The number of carbonyl (C=O) groups excluding carboxylic acids is 3. The van der Waals surface area contributed by atoms with Crippen LogP contribution in [-0.2, 0) is 9.59 Å². The lowest BCUT2D eigenvalue weighted by molar-refractivity contribution is -0.130. The Balaban J connectivity index is 1.51. The van der Waals surface area contributed by atoms with E-state index in [0.717, 1.165) is 11.8 Å². The van der Waals surface area contributed by atoms with Crippen LogP contribution >= 0.6 is 12.2 Å². The first-order chi connectivity index (χ1) is 15.5. The third kappa shape index (κ3) is 4.19. The number of benzene rings is 2. The van der Waals surface area contributed by atoms with E-state index >= 15 is 0 Å². The molecule has 1 aliphatic heterocycles. The largest absolute Gasteiger partial charge is 0.323 e. The summed E-state index contributed by atoms with van der Waals surface area (Å²) in [5.74, 6) is -2.86. The predicted octanol–water partition coefficient (Wildman–Crippen LogP) is 2.57. The van der Waals surface area contributed by atoms with Crippen LogP contribution in [0.5, 0.6) is 0 Å².